The maximum atomic E-state index is 5.50. The highest BCUT2D eigenvalue weighted by Crippen LogP contribution is 2.48. The number of amidine groups is 1. The van der Waals surface area contributed by atoms with Gasteiger partial charge >= 0.3 is 0 Å². The molecular formula is C22H26N4OS. The second-order valence-corrected chi connectivity index (χ2v) is 9.18. The molecule has 2 fully saturated rings. The Morgan fingerprint density at radius 3 is 2.75 bits per heavy atom. The molecule has 3 atom stereocenters. The van der Waals surface area contributed by atoms with Gasteiger partial charge in [0.1, 0.15) is 6.04 Å². The number of morpholine rings is 1. The van der Waals surface area contributed by atoms with E-state index >= 15 is 0 Å². The Morgan fingerprint density at radius 2 is 2.00 bits per heavy atom. The van der Waals surface area contributed by atoms with E-state index < -0.39 is 0 Å². The zero-order valence-corrected chi connectivity index (χ0v) is 17.2. The third-order valence-electron chi connectivity index (χ3n) is 5.83. The van der Waals surface area contributed by atoms with Gasteiger partial charge in [0.05, 0.1) is 24.9 Å². The molecule has 2 aromatic rings. The number of anilines is 1. The SMILES string of the molecule is Cc1cc(N2CCOCC2)ccc1[C@H]1[C@@H](c2ccccn2)N=C2S[C@@H](C)CN21. The fourth-order valence-corrected chi connectivity index (χ4v) is 5.56. The first-order chi connectivity index (χ1) is 13.7. The van der Waals surface area contributed by atoms with E-state index in [1.54, 1.807) is 0 Å². The van der Waals surface area contributed by atoms with Crippen LogP contribution in [-0.2, 0) is 4.74 Å². The van der Waals surface area contributed by atoms with E-state index in [-0.39, 0.29) is 12.1 Å². The second kappa shape index (κ2) is 7.41. The van der Waals surface area contributed by atoms with Gasteiger partial charge in [-0.25, -0.2) is 0 Å². The molecule has 5 nitrogen and oxygen atoms in total. The summed E-state index contributed by atoms with van der Waals surface area (Å²) in [7, 11) is 0. The number of aromatic nitrogens is 1. The third kappa shape index (κ3) is 3.18. The number of benzene rings is 1. The summed E-state index contributed by atoms with van der Waals surface area (Å²) in [6.07, 6.45) is 1.88. The molecule has 0 radical (unpaired) electrons. The summed E-state index contributed by atoms with van der Waals surface area (Å²) >= 11 is 1.89. The Hall–Kier alpha value is -2.05. The van der Waals surface area contributed by atoms with Crippen molar-refractivity contribution in [3.05, 3.63) is 59.4 Å². The fraction of sp³-hybridized carbons (Fsp3) is 0.455. The lowest BCUT2D eigenvalue weighted by Crippen LogP contribution is -2.36. The molecule has 1 aromatic carbocycles. The van der Waals surface area contributed by atoms with Gasteiger partial charge < -0.3 is 14.5 Å². The number of rotatable bonds is 3. The van der Waals surface area contributed by atoms with Crippen molar-refractivity contribution in [3.8, 4) is 0 Å². The van der Waals surface area contributed by atoms with Gasteiger partial charge in [-0.15, -0.1) is 0 Å². The van der Waals surface area contributed by atoms with E-state index in [9.17, 15) is 0 Å². The van der Waals surface area contributed by atoms with Gasteiger partial charge in [0.2, 0.25) is 0 Å². The van der Waals surface area contributed by atoms with Crippen LogP contribution in [-0.4, -0.2) is 53.1 Å². The fourth-order valence-electron chi connectivity index (χ4n) is 4.46. The molecule has 0 spiro atoms. The van der Waals surface area contributed by atoms with Gasteiger partial charge in [0.15, 0.2) is 5.17 Å². The molecule has 3 aliphatic rings. The van der Waals surface area contributed by atoms with E-state index in [1.165, 1.54) is 22.0 Å². The third-order valence-corrected chi connectivity index (χ3v) is 6.93. The maximum absolute atomic E-state index is 5.50. The first-order valence-electron chi connectivity index (χ1n) is 10.1. The molecule has 0 unspecified atom stereocenters. The highest BCUT2D eigenvalue weighted by Gasteiger charge is 2.44. The quantitative estimate of drug-likeness (QED) is 0.792. The number of ether oxygens (including phenoxy) is 1. The van der Waals surface area contributed by atoms with Gasteiger partial charge in [0, 0.05) is 36.8 Å². The molecule has 1 aromatic heterocycles. The number of hydrogen-bond donors (Lipinski definition) is 0. The first kappa shape index (κ1) is 18.0. The molecule has 0 amide bonds. The van der Waals surface area contributed by atoms with Crippen molar-refractivity contribution in [2.24, 2.45) is 4.99 Å². The second-order valence-electron chi connectivity index (χ2n) is 7.78. The lowest BCUT2D eigenvalue weighted by atomic mass is 9.92. The number of thioether (sulfide) groups is 1. The number of hydrogen-bond acceptors (Lipinski definition) is 6. The summed E-state index contributed by atoms with van der Waals surface area (Å²) in [5, 5.41) is 1.75. The van der Waals surface area contributed by atoms with E-state index in [2.05, 4.69) is 59.0 Å². The Balaban J connectivity index is 1.50. The molecule has 146 valence electrons. The highest BCUT2D eigenvalue weighted by atomic mass is 32.2. The van der Waals surface area contributed by atoms with Gasteiger partial charge in [0.25, 0.3) is 0 Å². The predicted molar refractivity (Wildman–Crippen MR) is 115 cm³/mol. The largest absolute Gasteiger partial charge is 0.378 e. The van der Waals surface area contributed by atoms with Crippen LogP contribution in [0.3, 0.4) is 0 Å². The van der Waals surface area contributed by atoms with Crippen LogP contribution in [0.2, 0.25) is 0 Å². The van der Waals surface area contributed by atoms with Crippen molar-refractivity contribution >= 4 is 22.6 Å². The van der Waals surface area contributed by atoms with Gasteiger partial charge in [-0.1, -0.05) is 30.8 Å². The summed E-state index contributed by atoms with van der Waals surface area (Å²) in [5.74, 6) is 0. The van der Waals surface area contributed by atoms with Gasteiger partial charge in [-0.3, -0.25) is 9.98 Å². The van der Waals surface area contributed by atoms with Crippen molar-refractivity contribution in [2.45, 2.75) is 31.2 Å². The van der Waals surface area contributed by atoms with Gasteiger partial charge in [-0.2, -0.15) is 0 Å². The molecule has 5 rings (SSSR count). The Morgan fingerprint density at radius 1 is 1.14 bits per heavy atom. The molecule has 28 heavy (non-hydrogen) atoms. The minimum absolute atomic E-state index is 0.0594. The van der Waals surface area contributed by atoms with Crippen molar-refractivity contribution in [2.75, 3.05) is 37.7 Å². The average molecular weight is 395 g/mol. The van der Waals surface area contributed by atoms with E-state index in [4.69, 9.17) is 9.73 Å². The topological polar surface area (TPSA) is 41.0 Å². The lowest BCUT2D eigenvalue weighted by Gasteiger charge is -2.31. The van der Waals surface area contributed by atoms with E-state index in [0.29, 0.717) is 5.25 Å². The minimum atomic E-state index is 0.0594. The lowest BCUT2D eigenvalue weighted by molar-refractivity contribution is 0.122. The smallest absolute Gasteiger partial charge is 0.160 e. The van der Waals surface area contributed by atoms with E-state index in [0.717, 1.165) is 38.5 Å². The highest BCUT2D eigenvalue weighted by molar-refractivity contribution is 8.14. The van der Waals surface area contributed by atoms with Crippen molar-refractivity contribution < 1.29 is 4.74 Å². The molecular weight excluding hydrogens is 368 g/mol. The number of aryl methyl sites for hydroxylation is 1. The van der Waals surface area contributed by atoms with Crippen LogP contribution < -0.4 is 4.90 Å². The van der Waals surface area contributed by atoms with Crippen LogP contribution in [0.25, 0.3) is 0 Å². The molecule has 0 aliphatic carbocycles. The Kier molecular flexibility index (Phi) is 4.77. The van der Waals surface area contributed by atoms with Crippen LogP contribution in [0.4, 0.5) is 5.69 Å². The number of fused-ring (bicyclic) bond motifs is 1. The van der Waals surface area contributed by atoms with Crippen LogP contribution in [0.1, 0.15) is 35.8 Å². The zero-order chi connectivity index (χ0) is 19.1. The maximum Gasteiger partial charge on any atom is 0.160 e. The standard InChI is InChI=1S/C22H26N4OS/c1-15-13-17(25-9-11-27-12-10-25)6-7-18(15)21-20(19-5-3-4-8-23-19)24-22-26(21)14-16(2)28-22/h3-8,13,16,20-21H,9-12,14H2,1-2H3/t16-,20+,21-/m0/s1. The molecule has 0 bridgehead atoms. The normalized spacial score (nSPS) is 27.1. The minimum Gasteiger partial charge on any atom is -0.378 e. The molecule has 6 heteroatoms. The number of aliphatic imine (C=N–C) groups is 1. The van der Waals surface area contributed by atoms with E-state index in [1.807, 2.05) is 24.0 Å². The number of nitrogens with zero attached hydrogens (tertiary/aromatic N) is 4. The Labute approximate surface area is 170 Å². The van der Waals surface area contributed by atoms with Gasteiger partial charge in [-0.05, 0) is 42.3 Å². The monoisotopic (exact) mass is 394 g/mol. The Bertz CT molecular complexity index is 881. The molecule has 0 saturated carbocycles. The van der Waals surface area contributed by atoms with Crippen molar-refractivity contribution in [3.63, 3.8) is 0 Å². The number of pyridine rings is 1. The molecule has 3 aliphatic heterocycles. The average Bonchev–Trinajstić information content (AvgIpc) is 3.25. The summed E-state index contributed by atoms with van der Waals surface area (Å²) < 4.78 is 5.50. The summed E-state index contributed by atoms with van der Waals surface area (Å²) in [4.78, 5) is 14.6. The summed E-state index contributed by atoms with van der Waals surface area (Å²) in [6.45, 7) is 9.11. The summed E-state index contributed by atoms with van der Waals surface area (Å²) in [5.41, 5.74) is 5.04. The first-order valence-corrected chi connectivity index (χ1v) is 10.9. The predicted octanol–water partition coefficient (Wildman–Crippen LogP) is 3.82. The van der Waals surface area contributed by atoms with Crippen LogP contribution >= 0.6 is 11.8 Å². The van der Waals surface area contributed by atoms with Crippen molar-refractivity contribution in [1.82, 2.24) is 9.88 Å². The zero-order valence-electron chi connectivity index (χ0n) is 16.4. The molecule has 4 heterocycles. The summed E-state index contributed by atoms with van der Waals surface area (Å²) in [6, 6.07) is 13.3. The van der Waals surface area contributed by atoms with Crippen molar-refractivity contribution in [1.29, 1.82) is 0 Å². The molecule has 2 saturated heterocycles. The van der Waals surface area contributed by atoms with Crippen LogP contribution in [0.15, 0.2) is 47.6 Å². The molecule has 0 N–H and O–H groups in total. The van der Waals surface area contributed by atoms with Crippen LogP contribution in [0, 0.1) is 6.92 Å². The van der Waals surface area contributed by atoms with Crippen LogP contribution in [0.5, 0.6) is 0 Å².